The van der Waals surface area contributed by atoms with Crippen molar-refractivity contribution < 1.29 is 23.1 Å². The molecule has 3 heterocycles. The molecule has 1 fully saturated rings. The summed E-state index contributed by atoms with van der Waals surface area (Å²) < 4.78 is 25.9. The van der Waals surface area contributed by atoms with E-state index in [1.54, 1.807) is 17.2 Å². The first-order valence-corrected chi connectivity index (χ1v) is 10.6. The average molecular weight is 439 g/mol. The van der Waals surface area contributed by atoms with Gasteiger partial charge in [-0.25, -0.2) is 9.18 Å². The van der Waals surface area contributed by atoms with Crippen molar-refractivity contribution in [3.63, 3.8) is 0 Å². The first-order chi connectivity index (χ1) is 15.1. The van der Waals surface area contributed by atoms with Crippen molar-refractivity contribution in [3.8, 4) is 11.3 Å². The van der Waals surface area contributed by atoms with Crippen LogP contribution in [0, 0.1) is 5.82 Å². The Hall–Kier alpha value is -3.42. The normalized spacial score (nSPS) is 15.2. The van der Waals surface area contributed by atoms with E-state index in [0.717, 1.165) is 30.1 Å². The molecule has 2 amide bonds. The molecule has 8 heteroatoms. The fourth-order valence-electron chi connectivity index (χ4n) is 3.86. The summed E-state index contributed by atoms with van der Waals surface area (Å²) in [7, 11) is 0. The second-order valence-corrected chi connectivity index (χ2v) is 9.06. The van der Waals surface area contributed by atoms with Crippen molar-refractivity contribution in [1.29, 1.82) is 0 Å². The Kier molecular flexibility index (Phi) is 5.62. The molecule has 1 saturated heterocycles. The number of piperidine rings is 1. The summed E-state index contributed by atoms with van der Waals surface area (Å²) in [6.07, 6.45) is 2.81. The molecule has 4 rings (SSSR count). The van der Waals surface area contributed by atoms with Crippen molar-refractivity contribution in [2.45, 2.75) is 45.1 Å². The molecule has 7 nitrogen and oxygen atoms in total. The zero-order valence-electron chi connectivity index (χ0n) is 18.4. The number of primary amides is 1. The van der Waals surface area contributed by atoms with Gasteiger partial charge < -0.3 is 19.8 Å². The molecule has 0 spiro atoms. The number of carbonyl (C=O) groups is 2. The summed E-state index contributed by atoms with van der Waals surface area (Å²) in [5.41, 5.74) is 6.14. The number of nitrogens with zero attached hydrogens (tertiary/aromatic N) is 2. The maximum absolute atomic E-state index is 14.5. The number of halogens is 1. The highest BCUT2D eigenvalue weighted by Gasteiger charge is 2.29. The van der Waals surface area contributed by atoms with Crippen molar-refractivity contribution in [2.75, 3.05) is 13.1 Å². The Morgan fingerprint density at radius 3 is 2.53 bits per heavy atom. The maximum atomic E-state index is 14.5. The van der Waals surface area contributed by atoms with Gasteiger partial charge in [-0.15, -0.1) is 0 Å². The molecule has 1 aliphatic rings. The third kappa shape index (κ3) is 4.59. The van der Waals surface area contributed by atoms with Crippen LogP contribution in [0.15, 0.2) is 40.9 Å². The second kappa shape index (κ2) is 8.26. The summed E-state index contributed by atoms with van der Waals surface area (Å²) in [6, 6.07) is 7.80. The van der Waals surface area contributed by atoms with Gasteiger partial charge in [-0.05, 0) is 63.9 Å². The zero-order valence-corrected chi connectivity index (χ0v) is 18.4. The topological polar surface area (TPSA) is 98.7 Å². The van der Waals surface area contributed by atoms with Gasteiger partial charge in [0.25, 0.3) is 0 Å². The molecule has 0 bridgehead atoms. The van der Waals surface area contributed by atoms with Crippen LogP contribution >= 0.6 is 0 Å². The van der Waals surface area contributed by atoms with E-state index in [4.69, 9.17) is 14.9 Å². The summed E-state index contributed by atoms with van der Waals surface area (Å²) in [5.74, 6) is -0.245. The van der Waals surface area contributed by atoms with Gasteiger partial charge in [0, 0.05) is 35.5 Å². The molecule has 0 atom stereocenters. The van der Waals surface area contributed by atoms with Gasteiger partial charge in [-0.3, -0.25) is 9.78 Å². The molecule has 168 valence electrons. The number of benzene rings is 1. The molecular weight excluding hydrogens is 413 g/mol. The van der Waals surface area contributed by atoms with E-state index in [0.29, 0.717) is 24.4 Å². The average Bonchev–Trinajstić information content (AvgIpc) is 3.16. The number of nitrogens with two attached hydrogens (primary N) is 1. The highest BCUT2D eigenvalue weighted by molar-refractivity contribution is 5.93. The fourth-order valence-corrected chi connectivity index (χ4v) is 3.86. The number of amides is 2. The molecule has 1 aromatic carbocycles. The summed E-state index contributed by atoms with van der Waals surface area (Å²) >= 11 is 0. The van der Waals surface area contributed by atoms with E-state index in [1.807, 2.05) is 26.8 Å². The smallest absolute Gasteiger partial charge is 0.410 e. The van der Waals surface area contributed by atoms with Crippen LogP contribution in [0.4, 0.5) is 9.18 Å². The van der Waals surface area contributed by atoms with Crippen LogP contribution in [-0.4, -0.2) is 40.6 Å². The minimum Gasteiger partial charge on any atom is -0.459 e. The first-order valence-electron chi connectivity index (χ1n) is 10.6. The van der Waals surface area contributed by atoms with E-state index in [1.165, 1.54) is 12.1 Å². The number of carbonyl (C=O) groups excluding carboxylic acids is 2. The highest BCUT2D eigenvalue weighted by Crippen LogP contribution is 2.34. The maximum Gasteiger partial charge on any atom is 0.410 e. The van der Waals surface area contributed by atoms with Crippen LogP contribution in [0.1, 0.15) is 55.6 Å². The van der Waals surface area contributed by atoms with E-state index < -0.39 is 17.3 Å². The monoisotopic (exact) mass is 439 g/mol. The van der Waals surface area contributed by atoms with Crippen LogP contribution in [0.2, 0.25) is 0 Å². The molecule has 0 saturated carbocycles. The van der Waals surface area contributed by atoms with Gasteiger partial charge in [-0.2, -0.15) is 0 Å². The highest BCUT2D eigenvalue weighted by atomic mass is 19.1. The van der Waals surface area contributed by atoms with Gasteiger partial charge in [0.05, 0.1) is 11.9 Å². The molecule has 2 N–H and O–H groups in total. The van der Waals surface area contributed by atoms with Crippen molar-refractivity contribution in [3.05, 3.63) is 53.7 Å². The molecule has 2 aromatic heterocycles. The third-order valence-corrected chi connectivity index (χ3v) is 5.50. The number of hydrogen-bond donors (Lipinski definition) is 1. The minimum absolute atomic E-state index is 0.107. The van der Waals surface area contributed by atoms with E-state index in [-0.39, 0.29) is 23.1 Å². The Morgan fingerprint density at radius 2 is 1.91 bits per heavy atom. The predicted octanol–water partition coefficient (Wildman–Crippen LogP) is 4.85. The standard InChI is InChI=1S/C24H26FN3O4/c1-24(2,3)32-23(30)28-8-6-14(7-9-28)20-12-16-11-19(27-13-21(16)31-20)17-5-4-15(22(26)29)10-18(17)25/h4-5,10-14H,6-9H2,1-3H3,(H2,26,29). The predicted molar refractivity (Wildman–Crippen MR) is 118 cm³/mol. The molecule has 0 aliphatic carbocycles. The van der Waals surface area contributed by atoms with Crippen molar-refractivity contribution in [1.82, 2.24) is 9.88 Å². The lowest BCUT2D eigenvalue weighted by molar-refractivity contribution is 0.0200. The van der Waals surface area contributed by atoms with E-state index in [9.17, 15) is 14.0 Å². The summed E-state index contributed by atoms with van der Waals surface area (Å²) in [4.78, 5) is 29.6. The van der Waals surface area contributed by atoms with Gasteiger partial charge in [-0.1, -0.05) is 0 Å². The van der Waals surface area contributed by atoms with Crippen LogP contribution in [0.5, 0.6) is 0 Å². The van der Waals surface area contributed by atoms with Crippen molar-refractivity contribution >= 4 is 23.0 Å². The van der Waals surface area contributed by atoms with Crippen LogP contribution < -0.4 is 5.73 Å². The van der Waals surface area contributed by atoms with Crippen LogP contribution in [0.3, 0.4) is 0 Å². The lowest BCUT2D eigenvalue weighted by Gasteiger charge is -2.32. The van der Waals surface area contributed by atoms with Gasteiger partial charge in [0.2, 0.25) is 5.91 Å². The Labute approximate surface area is 185 Å². The van der Waals surface area contributed by atoms with Crippen molar-refractivity contribution in [2.24, 2.45) is 5.73 Å². The molecule has 1 aliphatic heterocycles. The first kappa shape index (κ1) is 21.8. The number of furan rings is 1. The Bertz CT molecular complexity index is 1170. The largest absolute Gasteiger partial charge is 0.459 e. The zero-order chi connectivity index (χ0) is 23.0. The molecule has 32 heavy (non-hydrogen) atoms. The SMILES string of the molecule is CC(C)(C)OC(=O)N1CCC(c2cc3cc(-c4ccc(C(N)=O)cc4F)ncc3o2)CC1. The number of pyridine rings is 1. The third-order valence-electron chi connectivity index (χ3n) is 5.50. The quantitative estimate of drug-likeness (QED) is 0.629. The number of likely N-dealkylation sites (tertiary alicyclic amines) is 1. The van der Waals surface area contributed by atoms with Gasteiger partial charge >= 0.3 is 6.09 Å². The molecule has 0 radical (unpaired) electrons. The summed E-state index contributed by atoms with van der Waals surface area (Å²) in [5, 5.41) is 0.818. The fraction of sp³-hybridized carbons (Fsp3) is 0.375. The van der Waals surface area contributed by atoms with E-state index in [2.05, 4.69) is 4.98 Å². The van der Waals surface area contributed by atoms with Gasteiger partial charge in [0.15, 0.2) is 5.58 Å². The van der Waals surface area contributed by atoms with Crippen LogP contribution in [-0.2, 0) is 4.74 Å². The lowest BCUT2D eigenvalue weighted by Crippen LogP contribution is -2.41. The molecule has 3 aromatic rings. The van der Waals surface area contributed by atoms with Gasteiger partial charge in [0.1, 0.15) is 17.2 Å². The second-order valence-electron chi connectivity index (χ2n) is 9.06. The number of aromatic nitrogens is 1. The van der Waals surface area contributed by atoms with Crippen LogP contribution in [0.25, 0.3) is 22.2 Å². The van der Waals surface area contributed by atoms with E-state index >= 15 is 0 Å². The number of hydrogen-bond acceptors (Lipinski definition) is 5. The molecule has 0 unspecified atom stereocenters. The minimum atomic E-state index is -0.684. The Balaban J connectivity index is 1.50. The Morgan fingerprint density at radius 1 is 1.19 bits per heavy atom. The molecular formula is C24H26FN3O4. The number of ether oxygens (including phenoxy) is 1. The summed E-state index contributed by atoms with van der Waals surface area (Å²) in [6.45, 7) is 6.75. The number of fused-ring (bicyclic) bond motifs is 1. The number of rotatable bonds is 3. The lowest BCUT2D eigenvalue weighted by atomic mass is 9.94.